The highest BCUT2D eigenvalue weighted by Crippen LogP contribution is 2.42. The van der Waals surface area contributed by atoms with E-state index in [2.05, 4.69) is 23.9 Å². The molecule has 1 heterocycles. The van der Waals surface area contributed by atoms with Crippen molar-refractivity contribution in [1.29, 1.82) is 0 Å². The molecule has 1 saturated carbocycles. The van der Waals surface area contributed by atoms with Crippen LogP contribution in [0, 0.1) is 0 Å². The Bertz CT molecular complexity index is 438. The maximum Gasteiger partial charge on any atom is 0.152 e. The molecule has 0 aromatic carbocycles. The zero-order valence-electron chi connectivity index (χ0n) is 13.0. The first-order valence-electron chi connectivity index (χ1n) is 7.61. The lowest BCUT2D eigenvalue weighted by molar-refractivity contribution is 0.0744. The van der Waals surface area contributed by atoms with Gasteiger partial charge in [-0.1, -0.05) is 6.42 Å². The standard InChI is InChI=1S/C14H29N3O2S/c1-16(2)10-12-6-5-9-17(12)14(11-15)8-4-7-13(14)20(3,18)19/h12-13H,4-11,15H2,1-3H3. The van der Waals surface area contributed by atoms with Gasteiger partial charge in [-0.2, -0.15) is 0 Å². The van der Waals surface area contributed by atoms with Gasteiger partial charge in [0.05, 0.1) is 10.8 Å². The average molecular weight is 303 g/mol. The fourth-order valence-corrected chi connectivity index (χ4v) is 6.09. The van der Waals surface area contributed by atoms with Gasteiger partial charge in [0.25, 0.3) is 0 Å². The lowest BCUT2D eigenvalue weighted by Crippen LogP contribution is -2.62. The molecule has 6 heteroatoms. The summed E-state index contributed by atoms with van der Waals surface area (Å²) < 4.78 is 24.4. The highest BCUT2D eigenvalue weighted by atomic mass is 32.2. The zero-order chi connectivity index (χ0) is 15.0. The Balaban J connectivity index is 2.30. The number of sulfone groups is 1. The van der Waals surface area contributed by atoms with Gasteiger partial charge in [0.2, 0.25) is 0 Å². The molecular formula is C14H29N3O2S. The van der Waals surface area contributed by atoms with Gasteiger partial charge in [-0.25, -0.2) is 8.42 Å². The second-order valence-electron chi connectivity index (χ2n) is 6.77. The van der Waals surface area contributed by atoms with E-state index >= 15 is 0 Å². The first-order chi connectivity index (χ1) is 9.31. The molecule has 2 N–H and O–H groups in total. The van der Waals surface area contributed by atoms with Crippen LogP contribution in [0.25, 0.3) is 0 Å². The maximum atomic E-state index is 12.2. The van der Waals surface area contributed by atoms with Gasteiger partial charge in [0.15, 0.2) is 9.84 Å². The van der Waals surface area contributed by atoms with E-state index in [0.29, 0.717) is 12.6 Å². The summed E-state index contributed by atoms with van der Waals surface area (Å²) in [5.74, 6) is 0. The van der Waals surface area contributed by atoms with Gasteiger partial charge in [0, 0.05) is 25.4 Å². The fourth-order valence-electron chi connectivity index (χ4n) is 4.35. The van der Waals surface area contributed by atoms with Crippen molar-refractivity contribution in [3.8, 4) is 0 Å². The third-order valence-corrected chi connectivity index (χ3v) is 6.78. The van der Waals surface area contributed by atoms with Gasteiger partial charge in [-0.3, -0.25) is 4.90 Å². The summed E-state index contributed by atoms with van der Waals surface area (Å²) in [6.45, 7) is 2.43. The fraction of sp³-hybridized carbons (Fsp3) is 1.00. The van der Waals surface area contributed by atoms with Crippen LogP contribution in [0.4, 0.5) is 0 Å². The van der Waals surface area contributed by atoms with Crippen LogP contribution < -0.4 is 5.73 Å². The minimum Gasteiger partial charge on any atom is -0.329 e. The van der Waals surface area contributed by atoms with Crippen LogP contribution in [-0.2, 0) is 9.84 Å². The van der Waals surface area contributed by atoms with Gasteiger partial charge in [-0.05, 0) is 46.3 Å². The van der Waals surface area contributed by atoms with Crippen molar-refractivity contribution < 1.29 is 8.42 Å². The summed E-state index contributed by atoms with van der Waals surface area (Å²) >= 11 is 0. The normalized spacial score (nSPS) is 36.0. The highest BCUT2D eigenvalue weighted by molar-refractivity contribution is 7.91. The summed E-state index contributed by atoms with van der Waals surface area (Å²) in [4.78, 5) is 4.63. The molecule has 118 valence electrons. The predicted octanol–water partition coefficient (Wildman–Crippen LogP) is 0.307. The van der Waals surface area contributed by atoms with Crippen molar-refractivity contribution in [2.45, 2.75) is 48.9 Å². The van der Waals surface area contributed by atoms with Crippen LogP contribution in [0.5, 0.6) is 0 Å². The number of likely N-dealkylation sites (N-methyl/N-ethyl adjacent to an activating group) is 1. The summed E-state index contributed by atoms with van der Waals surface area (Å²) in [5, 5.41) is -0.289. The monoisotopic (exact) mass is 303 g/mol. The summed E-state index contributed by atoms with van der Waals surface area (Å²) in [6.07, 6.45) is 6.34. The van der Waals surface area contributed by atoms with Crippen molar-refractivity contribution in [3.63, 3.8) is 0 Å². The van der Waals surface area contributed by atoms with E-state index in [1.54, 1.807) is 0 Å². The third-order valence-electron chi connectivity index (χ3n) is 5.07. The van der Waals surface area contributed by atoms with E-state index in [4.69, 9.17) is 5.73 Å². The van der Waals surface area contributed by atoms with Crippen LogP contribution in [0.3, 0.4) is 0 Å². The molecule has 2 fully saturated rings. The Kier molecular flexibility index (Phi) is 4.79. The Morgan fingerprint density at radius 3 is 2.55 bits per heavy atom. The SMILES string of the molecule is CN(C)CC1CCCN1C1(CN)CCCC1S(C)(=O)=O. The van der Waals surface area contributed by atoms with Gasteiger partial charge in [-0.15, -0.1) is 0 Å². The predicted molar refractivity (Wildman–Crippen MR) is 82.6 cm³/mol. The molecule has 0 radical (unpaired) electrons. The Hall–Kier alpha value is -0.170. The first kappa shape index (κ1) is 16.2. The molecule has 5 nitrogen and oxygen atoms in total. The van der Waals surface area contributed by atoms with Crippen LogP contribution in [0.15, 0.2) is 0 Å². The maximum absolute atomic E-state index is 12.2. The molecule has 1 saturated heterocycles. The number of rotatable bonds is 5. The minimum atomic E-state index is -3.05. The first-order valence-corrected chi connectivity index (χ1v) is 9.57. The lowest BCUT2D eigenvalue weighted by Gasteiger charge is -2.45. The quantitative estimate of drug-likeness (QED) is 0.791. The van der Waals surface area contributed by atoms with Crippen molar-refractivity contribution in [1.82, 2.24) is 9.80 Å². The number of nitrogens with two attached hydrogens (primary N) is 1. The molecule has 3 atom stereocenters. The van der Waals surface area contributed by atoms with Gasteiger partial charge < -0.3 is 10.6 Å². The molecule has 0 bridgehead atoms. The molecule has 0 aromatic rings. The number of nitrogens with zero attached hydrogens (tertiary/aromatic N) is 2. The Morgan fingerprint density at radius 1 is 1.30 bits per heavy atom. The van der Waals surface area contributed by atoms with Crippen LogP contribution >= 0.6 is 0 Å². The van der Waals surface area contributed by atoms with E-state index < -0.39 is 9.84 Å². The number of hydrogen-bond donors (Lipinski definition) is 1. The third kappa shape index (κ3) is 2.89. The van der Waals surface area contributed by atoms with E-state index in [1.165, 1.54) is 6.26 Å². The summed E-state index contributed by atoms with van der Waals surface area (Å²) in [5.41, 5.74) is 5.78. The topological polar surface area (TPSA) is 66.6 Å². The van der Waals surface area contributed by atoms with Crippen molar-refractivity contribution in [3.05, 3.63) is 0 Å². The second kappa shape index (κ2) is 5.91. The van der Waals surface area contributed by atoms with Crippen molar-refractivity contribution in [2.24, 2.45) is 5.73 Å². The van der Waals surface area contributed by atoms with Crippen LogP contribution in [0.2, 0.25) is 0 Å². The lowest BCUT2D eigenvalue weighted by atomic mass is 9.93. The summed E-state index contributed by atoms with van der Waals surface area (Å²) in [7, 11) is 1.11. The van der Waals surface area contributed by atoms with Crippen LogP contribution in [-0.4, -0.2) is 75.0 Å². The summed E-state index contributed by atoms with van der Waals surface area (Å²) in [6, 6.07) is 0.441. The smallest absolute Gasteiger partial charge is 0.152 e. The van der Waals surface area contributed by atoms with Gasteiger partial charge in [0.1, 0.15) is 0 Å². The van der Waals surface area contributed by atoms with E-state index in [-0.39, 0.29) is 10.8 Å². The van der Waals surface area contributed by atoms with Gasteiger partial charge >= 0.3 is 0 Å². The number of likely N-dealkylation sites (tertiary alicyclic amines) is 1. The molecule has 2 aliphatic rings. The molecule has 0 amide bonds. The molecule has 1 aliphatic heterocycles. The largest absolute Gasteiger partial charge is 0.329 e. The van der Waals surface area contributed by atoms with Crippen molar-refractivity contribution >= 4 is 9.84 Å². The molecule has 3 unspecified atom stereocenters. The Labute approximate surface area is 123 Å². The number of hydrogen-bond acceptors (Lipinski definition) is 5. The second-order valence-corrected chi connectivity index (χ2v) is 9.00. The Morgan fingerprint density at radius 2 is 2.00 bits per heavy atom. The van der Waals surface area contributed by atoms with E-state index in [0.717, 1.165) is 45.2 Å². The molecule has 0 aromatic heterocycles. The minimum absolute atomic E-state index is 0.289. The molecule has 0 spiro atoms. The molecular weight excluding hydrogens is 274 g/mol. The van der Waals surface area contributed by atoms with Crippen LogP contribution in [0.1, 0.15) is 32.1 Å². The average Bonchev–Trinajstić information content (AvgIpc) is 2.93. The van der Waals surface area contributed by atoms with Crippen molar-refractivity contribution in [2.75, 3.05) is 40.0 Å². The highest BCUT2D eigenvalue weighted by Gasteiger charge is 2.53. The molecule has 20 heavy (non-hydrogen) atoms. The zero-order valence-corrected chi connectivity index (χ0v) is 13.8. The van der Waals surface area contributed by atoms with E-state index in [1.807, 2.05) is 0 Å². The molecule has 1 aliphatic carbocycles. The molecule has 2 rings (SSSR count). The van der Waals surface area contributed by atoms with E-state index in [9.17, 15) is 8.42 Å².